The molecule has 0 unspecified atom stereocenters. The second kappa shape index (κ2) is 20.9. The first-order valence-electron chi connectivity index (χ1n) is 5.37. The normalized spacial score (nSPS) is 8.53. The van der Waals surface area contributed by atoms with Crippen LogP contribution in [0.2, 0.25) is 0 Å². The van der Waals surface area contributed by atoms with Gasteiger partial charge >= 0.3 is 16.5 Å². The third-order valence-corrected chi connectivity index (χ3v) is 1.77. The van der Waals surface area contributed by atoms with E-state index in [0.29, 0.717) is 39.6 Å². The predicted molar refractivity (Wildman–Crippen MR) is 84.8 cm³/mol. The van der Waals surface area contributed by atoms with Crippen LogP contribution in [0.4, 0.5) is 0 Å². The van der Waals surface area contributed by atoms with Crippen molar-refractivity contribution in [3.8, 4) is 0 Å². The quantitative estimate of drug-likeness (QED) is 0.269. The monoisotopic (exact) mass is 388 g/mol. The van der Waals surface area contributed by atoms with E-state index in [0.717, 1.165) is 0 Å². The SMILES string of the molecule is CCOCCOC(=S)[S-].CCOCCOC(=S)[S-].[Ni+2]. The first-order valence-corrected chi connectivity index (χ1v) is 7.00. The molecule has 0 saturated carbocycles. The molecule has 0 spiro atoms. The fraction of sp³-hybridized carbons (Fsp3) is 0.800. The molecule has 4 nitrogen and oxygen atoms in total. The van der Waals surface area contributed by atoms with Gasteiger partial charge in [0.15, 0.2) is 0 Å². The molecule has 0 aliphatic carbocycles. The minimum Gasteiger partial charge on any atom is -0.511 e. The molecule has 0 aromatic heterocycles. The van der Waals surface area contributed by atoms with Crippen molar-refractivity contribution in [2.75, 3.05) is 39.6 Å². The van der Waals surface area contributed by atoms with E-state index in [1.165, 1.54) is 0 Å². The molecule has 19 heavy (non-hydrogen) atoms. The molecular formula is C10H18NiO4S4. The van der Waals surface area contributed by atoms with E-state index in [1.807, 2.05) is 13.8 Å². The van der Waals surface area contributed by atoms with Crippen molar-refractivity contribution in [1.29, 1.82) is 0 Å². The molecule has 0 fully saturated rings. The first kappa shape index (κ1) is 24.6. The van der Waals surface area contributed by atoms with Gasteiger partial charge in [0.2, 0.25) is 0 Å². The second-order valence-electron chi connectivity index (χ2n) is 2.59. The molecule has 0 aliphatic heterocycles. The third kappa shape index (κ3) is 32.3. The summed E-state index contributed by atoms with van der Waals surface area (Å²) in [7, 11) is 0. The summed E-state index contributed by atoms with van der Waals surface area (Å²) in [6.45, 7) is 7.31. The van der Waals surface area contributed by atoms with Crippen LogP contribution in [0.1, 0.15) is 13.8 Å². The fourth-order valence-corrected chi connectivity index (χ4v) is 0.990. The van der Waals surface area contributed by atoms with Crippen LogP contribution in [0.25, 0.3) is 0 Å². The third-order valence-electron chi connectivity index (χ3n) is 1.30. The summed E-state index contributed by atoms with van der Waals surface area (Å²) in [4.78, 5) is 0. The average molecular weight is 389 g/mol. The zero-order chi connectivity index (χ0) is 14.2. The van der Waals surface area contributed by atoms with E-state index in [2.05, 4.69) is 49.7 Å². The summed E-state index contributed by atoms with van der Waals surface area (Å²) in [6.07, 6.45) is 0. The zero-order valence-corrected chi connectivity index (χ0v) is 15.1. The molecule has 0 radical (unpaired) electrons. The van der Waals surface area contributed by atoms with Gasteiger partial charge in [0.05, 0.1) is 13.2 Å². The maximum Gasteiger partial charge on any atom is 2.00 e. The Morgan fingerprint density at radius 1 is 0.789 bits per heavy atom. The van der Waals surface area contributed by atoms with E-state index in [4.69, 9.17) is 18.9 Å². The summed E-state index contributed by atoms with van der Waals surface area (Å²) >= 11 is 17.9. The molecule has 0 N–H and O–H groups in total. The van der Waals surface area contributed by atoms with Crippen molar-refractivity contribution in [2.45, 2.75) is 13.8 Å². The first-order chi connectivity index (χ1) is 8.54. The van der Waals surface area contributed by atoms with Gasteiger partial charge in [-0.3, -0.25) is 0 Å². The second-order valence-corrected chi connectivity index (χ2v) is 4.59. The largest absolute Gasteiger partial charge is 2.00 e. The molecular weight excluding hydrogens is 371 g/mol. The van der Waals surface area contributed by atoms with Crippen molar-refractivity contribution >= 4 is 58.5 Å². The molecule has 0 aliphatic rings. The van der Waals surface area contributed by atoms with Crippen molar-refractivity contribution < 1.29 is 35.4 Å². The van der Waals surface area contributed by atoms with Crippen molar-refractivity contribution in [3.05, 3.63) is 0 Å². The maximum atomic E-state index is 4.95. The van der Waals surface area contributed by atoms with Crippen LogP contribution in [0.5, 0.6) is 0 Å². The van der Waals surface area contributed by atoms with Crippen molar-refractivity contribution in [1.82, 2.24) is 0 Å². The molecule has 0 rings (SSSR count). The van der Waals surface area contributed by atoms with Crippen LogP contribution in [0.15, 0.2) is 0 Å². The topological polar surface area (TPSA) is 36.9 Å². The van der Waals surface area contributed by atoms with E-state index in [9.17, 15) is 0 Å². The Morgan fingerprint density at radius 3 is 1.32 bits per heavy atom. The van der Waals surface area contributed by atoms with Crippen LogP contribution >= 0.6 is 24.4 Å². The van der Waals surface area contributed by atoms with Crippen molar-refractivity contribution in [2.24, 2.45) is 0 Å². The fourth-order valence-electron chi connectivity index (χ4n) is 0.657. The Kier molecular flexibility index (Phi) is 27.2. The van der Waals surface area contributed by atoms with E-state index >= 15 is 0 Å². The van der Waals surface area contributed by atoms with E-state index in [1.54, 1.807) is 0 Å². The molecule has 0 bridgehead atoms. The predicted octanol–water partition coefficient (Wildman–Crippen LogP) is 1.74. The van der Waals surface area contributed by atoms with E-state index < -0.39 is 0 Å². The number of rotatable bonds is 8. The van der Waals surface area contributed by atoms with Gasteiger partial charge < -0.3 is 68.6 Å². The maximum absolute atomic E-state index is 4.95. The molecule has 0 amide bonds. The Bertz CT molecular complexity index is 198. The zero-order valence-electron chi connectivity index (χ0n) is 10.8. The van der Waals surface area contributed by atoms with Gasteiger partial charge in [-0.15, -0.1) is 0 Å². The minimum atomic E-state index is 0. The average Bonchev–Trinajstić information content (AvgIpc) is 2.31. The van der Waals surface area contributed by atoms with Gasteiger partial charge in [-0.05, 0) is 13.8 Å². The Balaban J connectivity index is -0.000000256. The summed E-state index contributed by atoms with van der Waals surface area (Å²) < 4.78 is 19.8. The summed E-state index contributed by atoms with van der Waals surface area (Å²) in [5.74, 6) is 0. The summed E-state index contributed by atoms with van der Waals surface area (Å²) in [6, 6.07) is 0. The van der Waals surface area contributed by atoms with Gasteiger partial charge in [0.1, 0.15) is 13.2 Å². The molecule has 9 heteroatoms. The standard InChI is InChI=1S/2C5H10O2S2.Ni/c2*1-2-6-3-4-7-5(8)9;/h2*2-4H2,1H3,(H,8,9);/q;;+2/p-2. The number of hydrogen-bond donors (Lipinski definition) is 0. The van der Waals surface area contributed by atoms with Crippen molar-refractivity contribution in [3.63, 3.8) is 0 Å². The summed E-state index contributed by atoms with van der Waals surface area (Å²) in [5, 5.41) is 0. The molecule has 0 saturated heterocycles. The van der Waals surface area contributed by atoms with Crippen LogP contribution in [-0.2, 0) is 60.7 Å². The van der Waals surface area contributed by atoms with Crippen LogP contribution in [0.3, 0.4) is 0 Å². The molecule has 0 heterocycles. The molecule has 0 aromatic rings. The number of hydrogen-bond acceptors (Lipinski definition) is 8. The van der Waals surface area contributed by atoms with Gasteiger partial charge in [-0.2, -0.15) is 0 Å². The van der Waals surface area contributed by atoms with Gasteiger partial charge in [-0.25, -0.2) is 0 Å². The molecule has 0 aromatic carbocycles. The van der Waals surface area contributed by atoms with E-state index in [-0.39, 0.29) is 25.3 Å². The summed E-state index contributed by atoms with van der Waals surface area (Å²) in [5.41, 5.74) is 0. The molecule has 116 valence electrons. The molecule has 0 atom stereocenters. The number of thiocarbonyl (C=S) groups is 2. The van der Waals surface area contributed by atoms with Gasteiger partial charge in [0.25, 0.3) is 0 Å². The Hall–Kier alpha value is 0.634. The number of ether oxygens (including phenoxy) is 4. The van der Waals surface area contributed by atoms with Crippen LogP contribution in [-0.4, -0.2) is 48.4 Å². The van der Waals surface area contributed by atoms with Crippen LogP contribution in [0, 0.1) is 0 Å². The van der Waals surface area contributed by atoms with Gasteiger partial charge in [0, 0.05) is 22.0 Å². The Morgan fingerprint density at radius 2 is 1.11 bits per heavy atom. The van der Waals surface area contributed by atoms with Gasteiger partial charge in [-0.1, -0.05) is 0 Å². The minimum absolute atomic E-state index is 0. The smallest absolute Gasteiger partial charge is 0.511 e. The van der Waals surface area contributed by atoms with Crippen LogP contribution < -0.4 is 0 Å². The Labute approximate surface area is 147 Å².